The van der Waals surface area contributed by atoms with Crippen LogP contribution in [0.15, 0.2) is 26.4 Å². The summed E-state index contributed by atoms with van der Waals surface area (Å²) in [6, 6.07) is 1.83. The normalized spacial score (nSPS) is 11.2. The molecule has 0 spiro atoms. The second-order valence-corrected chi connectivity index (χ2v) is 5.68. The summed E-state index contributed by atoms with van der Waals surface area (Å²) in [5.74, 6) is 0.591. The molecule has 0 aromatic carbocycles. The topological polar surface area (TPSA) is 90.6 Å². The predicted octanol–water partition coefficient (Wildman–Crippen LogP) is 1.02. The van der Waals surface area contributed by atoms with Gasteiger partial charge in [0.05, 0.1) is 12.1 Å². The van der Waals surface area contributed by atoms with Crippen LogP contribution in [0, 0.1) is 0 Å². The summed E-state index contributed by atoms with van der Waals surface area (Å²) in [7, 11) is 0. The van der Waals surface area contributed by atoms with Gasteiger partial charge in [0.25, 0.3) is 5.56 Å². The molecule has 3 N–H and O–H groups in total. The standard InChI is InChI=1S/C11H10N4O2S2/c16-10-9-7(1-2-18-9)14-8(15-10)4-12-3-6-5-19-11(17)13-6/h1-2,5,12H,3-4H2,(H,13,17)(H,14,15,16). The van der Waals surface area contributed by atoms with E-state index < -0.39 is 0 Å². The number of thiazole rings is 1. The first kappa shape index (κ1) is 12.3. The minimum atomic E-state index is -0.110. The van der Waals surface area contributed by atoms with E-state index in [0.29, 0.717) is 23.6 Å². The molecule has 0 saturated carbocycles. The molecular formula is C11H10N4O2S2. The summed E-state index contributed by atoms with van der Waals surface area (Å²) < 4.78 is 0.644. The molecule has 0 bridgehead atoms. The third kappa shape index (κ3) is 2.65. The molecule has 0 radical (unpaired) electrons. The fraction of sp³-hybridized carbons (Fsp3) is 0.182. The molecule has 8 heteroatoms. The van der Waals surface area contributed by atoms with Gasteiger partial charge in [-0.15, -0.1) is 11.3 Å². The van der Waals surface area contributed by atoms with Crippen LogP contribution >= 0.6 is 22.7 Å². The van der Waals surface area contributed by atoms with Crippen molar-refractivity contribution in [3.05, 3.63) is 48.4 Å². The number of aromatic nitrogens is 3. The summed E-state index contributed by atoms with van der Waals surface area (Å²) in [4.78, 5) is 32.4. The molecule has 98 valence electrons. The first-order valence-electron chi connectivity index (χ1n) is 5.56. The Hall–Kier alpha value is -1.77. The van der Waals surface area contributed by atoms with E-state index in [1.807, 2.05) is 11.4 Å². The molecule has 0 unspecified atom stereocenters. The molecule has 0 aliphatic heterocycles. The Morgan fingerprint density at radius 1 is 1.21 bits per heavy atom. The van der Waals surface area contributed by atoms with Crippen LogP contribution in [0.3, 0.4) is 0 Å². The molecule has 3 heterocycles. The van der Waals surface area contributed by atoms with Crippen molar-refractivity contribution >= 4 is 32.9 Å². The second-order valence-electron chi connectivity index (χ2n) is 3.92. The van der Waals surface area contributed by atoms with Gasteiger partial charge >= 0.3 is 4.87 Å². The average molecular weight is 294 g/mol. The molecule has 0 aliphatic rings. The quantitative estimate of drug-likeness (QED) is 0.670. The highest BCUT2D eigenvalue weighted by molar-refractivity contribution is 7.17. The average Bonchev–Trinajstić information content (AvgIpc) is 2.98. The smallest absolute Gasteiger partial charge is 0.304 e. The van der Waals surface area contributed by atoms with E-state index in [1.54, 1.807) is 5.38 Å². The molecule has 3 rings (SSSR count). The first-order valence-corrected chi connectivity index (χ1v) is 7.32. The van der Waals surface area contributed by atoms with E-state index in [1.165, 1.54) is 11.3 Å². The van der Waals surface area contributed by atoms with Crippen molar-refractivity contribution < 1.29 is 0 Å². The minimum Gasteiger partial charge on any atom is -0.315 e. The lowest BCUT2D eigenvalue weighted by Crippen LogP contribution is -2.19. The van der Waals surface area contributed by atoms with Gasteiger partial charge in [-0.1, -0.05) is 11.3 Å². The van der Waals surface area contributed by atoms with E-state index >= 15 is 0 Å². The van der Waals surface area contributed by atoms with E-state index in [4.69, 9.17) is 0 Å². The van der Waals surface area contributed by atoms with E-state index in [0.717, 1.165) is 22.5 Å². The molecular weight excluding hydrogens is 284 g/mol. The number of rotatable bonds is 4. The molecule has 6 nitrogen and oxygen atoms in total. The van der Waals surface area contributed by atoms with Crippen LogP contribution in [0.2, 0.25) is 0 Å². The maximum absolute atomic E-state index is 11.7. The highest BCUT2D eigenvalue weighted by Crippen LogP contribution is 2.13. The molecule has 0 amide bonds. The fourth-order valence-corrected chi connectivity index (χ4v) is 3.03. The summed E-state index contributed by atoms with van der Waals surface area (Å²) in [6.45, 7) is 0.975. The van der Waals surface area contributed by atoms with E-state index in [-0.39, 0.29) is 10.4 Å². The number of nitrogens with one attached hydrogen (secondary N) is 3. The van der Waals surface area contributed by atoms with Gasteiger partial charge in [-0.2, -0.15) is 0 Å². The third-order valence-electron chi connectivity index (χ3n) is 2.54. The highest BCUT2D eigenvalue weighted by atomic mass is 32.1. The van der Waals surface area contributed by atoms with Gasteiger partial charge in [0.1, 0.15) is 10.5 Å². The second kappa shape index (κ2) is 5.08. The molecule has 0 saturated heterocycles. The Morgan fingerprint density at radius 2 is 2.11 bits per heavy atom. The van der Waals surface area contributed by atoms with Gasteiger partial charge in [-0.05, 0) is 11.4 Å². The number of hydrogen-bond donors (Lipinski definition) is 3. The van der Waals surface area contributed by atoms with Gasteiger partial charge in [0.2, 0.25) is 0 Å². The monoisotopic (exact) mass is 294 g/mol. The maximum atomic E-state index is 11.7. The zero-order valence-corrected chi connectivity index (χ0v) is 11.4. The molecule has 0 fully saturated rings. The first-order chi connectivity index (χ1) is 9.22. The molecule has 19 heavy (non-hydrogen) atoms. The van der Waals surface area contributed by atoms with Crippen molar-refractivity contribution in [2.75, 3.05) is 0 Å². The largest absolute Gasteiger partial charge is 0.315 e. The molecule has 3 aromatic rings. The fourth-order valence-electron chi connectivity index (χ4n) is 1.72. The zero-order valence-electron chi connectivity index (χ0n) is 9.73. The van der Waals surface area contributed by atoms with Crippen molar-refractivity contribution in [2.45, 2.75) is 13.1 Å². The molecule has 0 aliphatic carbocycles. The van der Waals surface area contributed by atoms with Crippen LogP contribution in [-0.4, -0.2) is 15.0 Å². The number of H-pyrrole nitrogens is 2. The lowest BCUT2D eigenvalue weighted by molar-refractivity contribution is 0.654. The van der Waals surface area contributed by atoms with E-state index in [9.17, 15) is 9.59 Å². The summed E-state index contributed by atoms with van der Waals surface area (Å²) in [6.07, 6.45) is 0. The predicted molar refractivity (Wildman–Crippen MR) is 75.7 cm³/mol. The summed E-state index contributed by atoms with van der Waals surface area (Å²) in [5, 5.41) is 6.74. The van der Waals surface area contributed by atoms with Crippen LogP contribution in [0.4, 0.5) is 0 Å². The minimum absolute atomic E-state index is 0.0666. The van der Waals surface area contributed by atoms with Crippen LogP contribution in [-0.2, 0) is 13.1 Å². The highest BCUT2D eigenvalue weighted by Gasteiger charge is 2.04. The number of fused-ring (bicyclic) bond motifs is 1. The number of hydrogen-bond acceptors (Lipinski definition) is 6. The molecule has 3 aromatic heterocycles. The van der Waals surface area contributed by atoms with Crippen LogP contribution in [0.25, 0.3) is 10.2 Å². The van der Waals surface area contributed by atoms with Crippen LogP contribution in [0.5, 0.6) is 0 Å². The Balaban J connectivity index is 1.71. The van der Waals surface area contributed by atoms with Gasteiger partial charge in [-0.3, -0.25) is 9.59 Å². The Morgan fingerprint density at radius 3 is 2.89 bits per heavy atom. The SMILES string of the molecule is O=c1[nH]c(CNCc2nc3ccsc3c(=O)[nH]2)cs1. The Bertz CT molecular complexity index is 814. The number of aromatic amines is 2. The Labute approximate surface area is 115 Å². The van der Waals surface area contributed by atoms with Gasteiger partial charge < -0.3 is 15.3 Å². The number of nitrogens with zero attached hydrogens (tertiary/aromatic N) is 1. The Kier molecular flexibility index (Phi) is 3.28. The van der Waals surface area contributed by atoms with Gasteiger partial charge in [0.15, 0.2) is 0 Å². The summed E-state index contributed by atoms with van der Waals surface area (Å²) >= 11 is 2.51. The van der Waals surface area contributed by atoms with Crippen molar-refractivity contribution in [1.29, 1.82) is 0 Å². The van der Waals surface area contributed by atoms with Gasteiger partial charge in [-0.25, -0.2) is 4.98 Å². The zero-order chi connectivity index (χ0) is 13.2. The lowest BCUT2D eigenvalue weighted by atomic mass is 10.4. The van der Waals surface area contributed by atoms with Crippen molar-refractivity contribution in [1.82, 2.24) is 20.3 Å². The third-order valence-corrected chi connectivity index (χ3v) is 4.16. The van der Waals surface area contributed by atoms with Crippen molar-refractivity contribution in [2.24, 2.45) is 0 Å². The number of thiophene rings is 1. The van der Waals surface area contributed by atoms with Gasteiger partial charge in [0, 0.05) is 17.6 Å². The van der Waals surface area contributed by atoms with Crippen molar-refractivity contribution in [3.63, 3.8) is 0 Å². The van der Waals surface area contributed by atoms with Crippen molar-refractivity contribution in [3.8, 4) is 0 Å². The summed E-state index contributed by atoms with van der Waals surface area (Å²) in [5.41, 5.74) is 1.43. The lowest BCUT2D eigenvalue weighted by Gasteiger charge is -2.02. The van der Waals surface area contributed by atoms with Crippen LogP contribution < -0.4 is 15.7 Å². The van der Waals surface area contributed by atoms with E-state index in [2.05, 4.69) is 20.3 Å². The molecule has 0 atom stereocenters. The maximum Gasteiger partial charge on any atom is 0.304 e. The van der Waals surface area contributed by atoms with Crippen LogP contribution in [0.1, 0.15) is 11.5 Å².